The van der Waals surface area contributed by atoms with Crippen molar-refractivity contribution in [3.05, 3.63) is 0 Å². The van der Waals surface area contributed by atoms with Gasteiger partial charge in [0.25, 0.3) is 0 Å². The van der Waals surface area contributed by atoms with Crippen LogP contribution in [0.5, 0.6) is 0 Å². The van der Waals surface area contributed by atoms with Gasteiger partial charge >= 0.3 is 0 Å². The smallest absolute Gasteiger partial charge is 0.0579 e. The second-order valence-corrected chi connectivity index (χ2v) is 6.10. The minimum atomic E-state index is 0.219. The summed E-state index contributed by atoms with van der Waals surface area (Å²) in [7, 11) is 0. The van der Waals surface area contributed by atoms with E-state index in [1.54, 1.807) is 0 Å². The first-order valence-electron chi connectivity index (χ1n) is 6.81. The van der Waals surface area contributed by atoms with Gasteiger partial charge < -0.3 is 0 Å². The van der Waals surface area contributed by atoms with Gasteiger partial charge in [0.15, 0.2) is 0 Å². The first-order valence-corrected chi connectivity index (χ1v) is 6.81. The van der Waals surface area contributed by atoms with E-state index in [4.69, 9.17) is 0 Å². The van der Waals surface area contributed by atoms with Crippen LogP contribution in [-0.4, -0.2) is 17.2 Å². The van der Waals surface area contributed by atoms with E-state index in [9.17, 15) is 0 Å². The lowest BCUT2D eigenvalue weighted by Crippen LogP contribution is -2.57. The molecule has 0 spiro atoms. The Bertz CT molecular complexity index is 167. The molecule has 0 aliphatic heterocycles. The number of hydrogen-bond acceptors (Lipinski definition) is 2. The van der Waals surface area contributed by atoms with Gasteiger partial charge in [-0.25, -0.2) is 0 Å². The van der Waals surface area contributed by atoms with Crippen molar-refractivity contribution in [1.29, 1.82) is 0 Å². The van der Waals surface area contributed by atoms with Crippen molar-refractivity contribution in [1.82, 2.24) is 10.6 Å². The summed E-state index contributed by atoms with van der Waals surface area (Å²) in [6.07, 6.45) is 5.13. The molecular formula is C14H32N2. The highest BCUT2D eigenvalue weighted by molar-refractivity contribution is 4.85. The van der Waals surface area contributed by atoms with Crippen molar-refractivity contribution in [2.75, 3.05) is 0 Å². The summed E-state index contributed by atoms with van der Waals surface area (Å²) < 4.78 is 0. The highest BCUT2D eigenvalue weighted by atomic mass is 15.2. The lowest BCUT2D eigenvalue weighted by molar-refractivity contribution is 0.223. The summed E-state index contributed by atoms with van der Waals surface area (Å²) in [6.45, 7) is 15.8. The van der Waals surface area contributed by atoms with Crippen molar-refractivity contribution in [2.24, 2.45) is 0 Å². The molecular weight excluding hydrogens is 196 g/mol. The predicted molar refractivity (Wildman–Crippen MR) is 73.7 cm³/mol. The fraction of sp³-hybridized carbons (Fsp3) is 1.00. The molecule has 0 saturated carbocycles. The SMILES string of the molecule is CCCC(NC(C)(C)CC)NC(C)(C)CC. The Kier molecular flexibility index (Phi) is 6.57. The molecule has 0 aromatic rings. The van der Waals surface area contributed by atoms with Crippen LogP contribution in [0.3, 0.4) is 0 Å². The first-order chi connectivity index (χ1) is 7.26. The van der Waals surface area contributed by atoms with E-state index in [2.05, 4.69) is 59.1 Å². The third-order valence-corrected chi connectivity index (χ3v) is 3.48. The van der Waals surface area contributed by atoms with E-state index in [1.807, 2.05) is 0 Å². The van der Waals surface area contributed by atoms with Crippen LogP contribution in [0.25, 0.3) is 0 Å². The molecule has 2 heteroatoms. The van der Waals surface area contributed by atoms with Crippen molar-refractivity contribution in [3.63, 3.8) is 0 Å². The van der Waals surface area contributed by atoms with Crippen LogP contribution in [0.1, 0.15) is 74.1 Å². The van der Waals surface area contributed by atoms with E-state index >= 15 is 0 Å². The molecule has 0 aromatic heterocycles. The quantitative estimate of drug-likeness (QED) is 0.619. The van der Waals surface area contributed by atoms with Crippen LogP contribution in [0, 0.1) is 0 Å². The second-order valence-electron chi connectivity index (χ2n) is 6.10. The molecule has 0 rings (SSSR count). The molecule has 2 nitrogen and oxygen atoms in total. The molecule has 16 heavy (non-hydrogen) atoms. The van der Waals surface area contributed by atoms with Crippen LogP contribution in [-0.2, 0) is 0 Å². The molecule has 0 fully saturated rings. The molecule has 0 bridgehead atoms. The minimum absolute atomic E-state index is 0.219. The van der Waals surface area contributed by atoms with Crippen LogP contribution in [0.2, 0.25) is 0 Å². The molecule has 98 valence electrons. The number of rotatable bonds is 8. The standard InChI is InChI=1S/C14H32N2/c1-8-11-12(15-13(4,5)9-2)16-14(6,7)10-3/h12,15-16H,8-11H2,1-7H3. The van der Waals surface area contributed by atoms with E-state index < -0.39 is 0 Å². The fourth-order valence-electron chi connectivity index (χ4n) is 1.62. The van der Waals surface area contributed by atoms with Crippen molar-refractivity contribution < 1.29 is 0 Å². The highest BCUT2D eigenvalue weighted by Crippen LogP contribution is 2.14. The van der Waals surface area contributed by atoms with Crippen LogP contribution in [0.15, 0.2) is 0 Å². The maximum Gasteiger partial charge on any atom is 0.0579 e. The van der Waals surface area contributed by atoms with Crippen molar-refractivity contribution in [3.8, 4) is 0 Å². The Hall–Kier alpha value is -0.0800. The van der Waals surface area contributed by atoms with Gasteiger partial charge in [0.2, 0.25) is 0 Å². The van der Waals surface area contributed by atoms with Gasteiger partial charge in [0.05, 0.1) is 6.17 Å². The Balaban J connectivity index is 4.38. The lowest BCUT2D eigenvalue weighted by Gasteiger charge is -2.37. The minimum Gasteiger partial charge on any atom is -0.297 e. The van der Waals surface area contributed by atoms with Gasteiger partial charge in [0.1, 0.15) is 0 Å². The number of hydrogen-bond donors (Lipinski definition) is 2. The molecule has 2 N–H and O–H groups in total. The zero-order valence-electron chi connectivity index (χ0n) is 12.4. The monoisotopic (exact) mass is 228 g/mol. The molecule has 0 unspecified atom stereocenters. The molecule has 0 heterocycles. The summed E-state index contributed by atoms with van der Waals surface area (Å²) in [5.74, 6) is 0. The Morgan fingerprint density at radius 1 is 0.812 bits per heavy atom. The topological polar surface area (TPSA) is 24.1 Å². The van der Waals surface area contributed by atoms with Crippen molar-refractivity contribution >= 4 is 0 Å². The maximum atomic E-state index is 3.72. The van der Waals surface area contributed by atoms with E-state index in [0.717, 1.165) is 12.8 Å². The van der Waals surface area contributed by atoms with Gasteiger partial charge in [-0.15, -0.1) is 0 Å². The van der Waals surface area contributed by atoms with Gasteiger partial charge in [0, 0.05) is 11.1 Å². The molecule has 0 aromatic carbocycles. The molecule has 0 saturated heterocycles. The van der Waals surface area contributed by atoms with Gasteiger partial charge in [-0.1, -0.05) is 27.2 Å². The van der Waals surface area contributed by atoms with E-state index in [0.29, 0.717) is 6.17 Å². The van der Waals surface area contributed by atoms with Gasteiger partial charge in [-0.3, -0.25) is 10.6 Å². The Morgan fingerprint density at radius 2 is 1.19 bits per heavy atom. The van der Waals surface area contributed by atoms with Gasteiger partial charge in [-0.2, -0.15) is 0 Å². The normalized spacial score (nSPS) is 13.5. The first kappa shape index (κ1) is 15.9. The highest BCUT2D eigenvalue weighted by Gasteiger charge is 2.24. The maximum absolute atomic E-state index is 3.72. The second kappa shape index (κ2) is 6.61. The lowest BCUT2D eigenvalue weighted by atomic mass is 9.98. The summed E-state index contributed by atoms with van der Waals surface area (Å²) in [4.78, 5) is 0. The van der Waals surface area contributed by atoms with Gasteiger partial charge in [-0.05, 0) is 47.0 Å². The van der Waals surface area contributed by atoms with Crippen molar-refractivity contribution in [2.45, 2.75) is 91.4 Å². The fourth-order valence-corrected chi connectivity index (χ4v) is 1.62. The summed E-state index contributed by atoms with van der Waals surface area (Å²) >= 11 is 0. The zero-order valence-corrected chi connectivity index (χ0v) is 12.4. The van der Waals surface area contributed by atoms with E-state index in [-0.39, 0.29) is 11.1 Å². The molecule has 0 aliphatic carbocycles. The average molecular weight is 228 g/mol. The Labute approximate surface area is 103 Å². The van der Waals surface area contributed by atoms with Crippen LogP contribution >= 0.6 is 0 Å². The summed E-state index contributed by atoms with van der Waals surface area (Å²) in [6, 6.07) is 0. The number of nitrogens with one attached hydrogen (secondary N) is 2. The molecule has 0 atom stereocenters. The predicted octanol–water partition coefficient (Wildman–Crippen LogP) is 3.67. The van der Waals surface area contributed by atoms with E-state index in [1.165, 1.54) is 12.8 Å². The Morgan fingerprint density at radius 3 is 1.44 bits per heavy atom. The largest absolute Gasteiger partial charge is 0.297 e. The average Bonchev–Trinajstić information content (AvgIpc) is 2.17. The third kappa shape index (κ3) is 6.49. The third-order valence-electron chi connectivity index (χ3n) is 3.48. The molecule has 0 amide bonds. The molecule has 0 aliphatic rings. The van der Waals surface area contributed by atoms with Crippen LogP contribution < -0.4 is 10.6 Å². The summed E-state index contributed by atoms with van der Waals surface area (Å²) in [5.41, 5.74) is 0.438. The zero-order chi connectivity index (χ0) is 12.8. The van der Waals surface area contributed by atoms with Crippen LogP contribution in [0.4, 0.5) is 0 Å². The molecule has 0 radical (unpaired) electrons. The summed E-state index contributed by atoms with van der Waals surface area (Å²) in [5, 5.41) is 7.45.